The van der Waals surface area contributed by atoms with Crippen LogP contribution in [0.15, 0.2) is 34.9 Å². The summed E-state index contributed by atoms with van der Waals surface area (Å²) in [5.41, 5.74) is 2.98. The van der Waals surface area contributed by atoms with Gasteiger partial charge in [-0.05, 0) is 20.3 Å². The zero-order valence-electron chi connectivity index (χ0n) is 13.2. The number of hydrazone groups is 1. The van der Waals surface area contributed by atoms with Crippen LogP contribution in [0, 0.1) is 5.41 Å². The van der Waals surface area contributed by atoms with Crippen LogP contribution in [-0.4, -0.2) is 55.7 Å². The Labute approximate surface area is 127 Å². The highest BCUT2D eigenvalue weighted by Gasteiger charge is 2.52. The van der Waals surface area contributed by atoms with Gasteiger partial charge in [0.15, 0.2) is 0 Å². The Morgan fingerprint density at radius 1 is 1.57 bits per heavy atom. The van der Waals surface area contributed by atoms with Crippen molar-refractivity contribution in [2.75, 3.05) is 26.2 Å². The van der Waals surface area contributed by atoms with Crippen molar-refractivity contribution in [3.8, 4) is 0 Å². The second kappa shape index (κ2) is 7.00. The zero-order chi connectivity index (χ0) is 15.3. The maximum Gasteiger partial charge on any atom is 0.127 e. The molecule has 0 radical (unpaired) electrons. The highest BCUT2D eigenvalue weighted by molar-refractivity contribution is 5.94. The first-order valence-electron chi connectivity index (χ1n) is 7.67. The lowest BCUT2D eigenvalue weighted by Crippen LogP contribution is -2.64. The fourth-order valence-corrected chi connectivity index (χ4v) is 3.27. The summed E-state index contributed by atoms with van der Waals surface area (Å²) in [6.45, 7) is 16.1. The topological polar surface area (TPSA) is 52.0 Å². The van der Waals surface area contributed by atoms with Crippen LogP contribution in [0.25, 0.3) is 0 Å². The first-order valence-corrected chi connectivity index (χ1v) is 7.67. The summed E-state index contributed by atoms with van der Waals surface area (Å²) in [7, 11) is 0. The number of hydrogen-bond acceptors (Lipinski definition) is 5. The normalized spacial score (nSPS) is 31.3. The molecule has 1 fully saturated rings. The van der Waals surface area contributed by atoms with Crippen LogP contribution in [0.1, 0.15) is 20.3 Å². The predicted octanol–water partition coefficient (Wildman–Crippen LogP) is 1.40. The van der Waals surface area contributed by atoms with Gasteiger partial charge >= 0.3 is 0 Å². The number of rotatable bonds is 6. The number of amidine groups is 1. The van der Waals surface area contributed by atoms with Gasteiger partial charge in [0.2, 0.25) is 0 Å². The van der Waals surface area contributed by atoms with E-state index in [9.17, 15) is 0 Å². The van der Waals surface area contributed by atoms with Crippen LogP contribution in [0.5, 0.6) is 0 Å². The summed E-state index contributed by atoms with van der Waals surface area (Å²) in [6.07, 6.45) is 6.87. The second-order valence-electron chi connectivity index (χ2n) is 5.91. The fourth-order valence-electron chi connectivity index (χ4n) is 3.27. The van der Waals surface area contributed by atoms with Crippen molar-refractivity contribution < 1.29 is 0 Å². The lowest BCUT2D eigenvalue weighted by Gasteiger charge is -2.51. The Morgan fingerprint density at radius 2 is 2.29 bits per heavy atom. The maximum atomic E-state index is 4.70. The molecule has 0 aromatic carbocycles. The van der Waals surface area contributed by atoms with Gasteiger partial charge in [-0.25, -0.2) is 0 Å². The van der Waals surface area contributed by atoms with E-state index in [4.69, 9.17) is 4.99 Å². The molecular weight excluding hydrogens is 262 g/mol. The molecule has 116 valence electrons. The van der Waals surface area contributed by atoms with Crippen LogP contribution in [0.4, 0.5) is 0 Å². The maximum absolute atomic E-state index is 4.70. The van der Waals surface area contributed by atoms with Crippen molar-refractivity contribution in [2.45, 2.75) is 32.4 Å². The average molecular weight is 289 g/mol. The molecule has 2 heterocycles. The monoisotopic (exact) mass is 289 g/mol. The van der Waals surface area contributed by atoms with Gasteiger partial charge in [-0.3, -0.25) is 15.3 Å². The van der Waals surface area contributed by atoms with Gasteiger partial charge in [0.1, 0.15) is 5.84 Å². The van der Waals surface area contributed by atoms with Crippen molar-refractivity contribution >= 4 is 12.6 Å². The third-order valence-electron chi connectivity index (χ3n) is 4.87. The highest BCUT2D eigenvalue weighted by atomic mass is 15.4. The van der Waals surface area contributed by atoms with Gasteiger partial charge in [-0.2, -0.15) is 5.10 Å². The molecule has 21 heavy (non-hydrogen) atoms. The molecule has 2 aliphatic heterocycles. The summed E-state index contributed by atoms with van der Waals surface area (Å²) in [4.78, 5) is 7.24. The molecule has 0 saturated carbocycles. The Morgan fingerprint density at radius 3 is 2.90 bits per heavy atom. The van der Waals surface area contributed by atoms with Gasteiger partial charge < -0.3 is 5.32 Å². The Hall–Kier alpha value is -1.46. The van der Waals surface area contributed by atoms with E-state index < -0.39 is 0 Å². The lowest BCUT2D eigenvalue weighted by molar-refractivity contribution is 0.0853. The SMILES string of the molecule is C=C/C=C\CC1N=C(NN=C)[C@]1(C)[C@H](C)N1CCNCC1. The van der Waals surface area contributed by atoms with Gasteiger partial charge in [0, 0.05) is 38.9 Å². The van der Waals surface area contributed by atoms with Crippen molar-refractivity contribution in [1.29, 1.82) is 0 Å². The summed E-state index contributed by atoms with van der Waals surface area (Å²) in [5.74, 6) is 0.959. The van der Waals surface area contributed by atoms with E-state index in [2.05, 4.69) is 54.0 Å². The van der Waals surface area contributed by atoms with Gasteiger partial charge in [0.25, 0.3) is 0 Å². The number of nitrogens with one attached hydrogen (secondary N) is 2. The molecule has 1 saturated heterocycles. The third-order valence-corrected chi connectivity index (χ3v) is 4.87. The minimum absolute atomic E-state index is 0.00988. The molecular formula is C16H27N5. The minimum atomic E-state index is -0.00988. The molecule has 0 aromatic heterocycles. The molecule has 5 heteroatoms. The zero-order valence-corrected chi connectivity index (χ0v) is 13.2. The number of allylic oxidation sites excluding steroid dienone is 2. The Bertz CT molecular complexity index is 436. The lowest BCUT2D eigenvalue weighted by atomic mass is 9.68. The molecule has 0 bridgehead atoms. The molecule has 2 rings (SSSR count). The van der Waals surface area contributed by atoms with Crippen molar-refractivity contribution in [3.05, 3.63) is 24.8 Å². The first-order chi connectivity index (χ1) is 10.1. The summed E-state index contributed by atoms with van der Waals surface area (Å²) in [5, 5.41) is 7.22. The average Bonchev–Trinajstić information content (AvgIpc) is 2.52. The summed E-state index contributed by atoms with van der Waals surface area (Å²) >= 11 is 0. The first kappa shape index (κ1) is 15.9. The highest BCUT2D eigenvalue weighted by Crippen LogP contribution is 2.42. The van der Waals surface area contributed by atoms with Crippen LogP contribution in [-0.2, 0) is 0 Å². The van der Waals surface area contributed by atoms with Crippen LogP contribution >= 0.6 is 0 Å². The Kier molecular flexibility index (Phi) is 5.31. The number of nitrogens with zero attached hydrogens (tertiary/aromatic N) is 3. The molecule has 2 aliphatic rings. The van der Waals surface area contributed by atoms with E-state index in [1.54, 1.807) is 0 Å². The van der Waals surface area contributed by atoms with Crippen molar-refractivity contribution in [2.24, 2.45) is 15.5 Å². The van der Waals surface area contributed by atoms with E-state index in [-0.39, 0.29) is 11.5 Å². The number of piperazine rings is 1. The molecule has 5 nitrogen and oxygen atoms in total. The fraction of sp³-hybridized carbons (Fsp3) is 0.625. The largest absolute Gasteiger partial charge is 0.314 e. The van der Waals surface area contributed by atoms with Crippen LogP contribution in [0.2, 0.25) is 0 Å². The van der Waals surface area contributed by atoms with Crippen molar-refractivity contribution in [3.63, 3.8) is 0 Å². The Balaban J connectivity index is 2.13. The van der Waals surface area contributed by atoms with E-state index >= 15 is 0 Å². The van der Waals surface area contributed by atoms with Gasteiger partial charge in [0.05, 0.1) is 11.5 Å². The standard InChI is InChI=1S/C16H27N5/c1-5-6-7-8-14-16(3,15(19-14)20-17-4)13(2)21-11-9-18-10-12-21/h5-7,13-14,18H,1,4,8-12H2,2-3H3,(H,19,20)/b7-6-/t13-,14?,16+/m0/s1. The van der Waals surface area contributed by atoms with Gasteiger partial charge in [-0.15, -0.1) is 0 Å². The molecule has 0 amide bonds. The minimum Gasteiger partial charge on any atom is -0.314 e. The number of aliphatic imine (C=N–C) groups is 1. The summed E-state index contributed by atoms with van der Waals surface area (Å²) in [6, 6.07) is 0.700. The van der Waals surface area contributed by atoms with Crippen LogP contribution < -0.4 is 10.7 Å². The van der Waals surface area contributed by atoms with Crippen molar-refractivity contribution in [1.82, 2.24) is 15.6 Å². The van der Waals surface area contributed by atoms with Gasteiger partial charge in [-0.1, -0.05) is 24.8 Å². The molecule has 2 N–H and O–H groups in total. The quantitative estimate of drug-likeness (QED) is 0.441. The number of hydrogen-bond donors (Lipinski definition) is 2. The van der Waals surface area contributed by atoms with E-state index in [1.165, 1.54) is 0 Å². The van der Waals surface area contributed by atoms with Crippen LogP contribution in [0.3, 0.4) is 0 Å². The van der Waals surface area contributed by atoms with E-state index in [1.807, 2.05) is 12.2 Å². The van der Waals surface area contributed by atoms with E-state index in [0.29, 0.717) is 6.04 Å². The van der Waals surface area contributed by atoms with E-state index in [0.717, 1.165) is 38.4 Å². The molecule has 0 aromatic rings. The summed E-state index contributed by atoms with van der Waals surface area (Å²) < 4.78 is 0. The molecule has 1 unspecified atom stereocenters. The predicted molar refractivity (Wildman–Crippen MR) is 89.9 cm³/mol. The smallest absolute Gasteiger partial charge is 0.127 e. The molecule has 3 atom stereocenters. The molecule has 0 spiro atoms. The second-order valence-corrected chi connectivity index (χ2v) is 5.91. The molecule has 0 aliphatic carbocycles. The third kappa shape index (κ3) is 3.09.